The van der Waals surface area contributed by atoms with E-state index in [4.69, 9.17) is 12.3 Å². The zero-order chi connectivity index (χ0) is 20.9. The fraction of sp³-hybridized carbons (Fsp3) is 0.118. The maximum Gasteiger partial charge on any atom is 0.200 e. The molecular weight excluding hydrogens is 503 g/mol. The van der Waals surface area contributed by atoms with Crippen LogP contribution in [0.2, 0.25) is 0 Å². The Morgan fingerprint density at radius 2 is 1.61 bits per heavy atom. The summed E-state index contributed by atoms with van der Waals surface area (Å²) in [4.78, 5) is 13.2. The van der Waals surface area contributed by atoms with Crippen molar-refractivity contribution >= 4 is 61.9 Å². The number of benzene rings is 2. The van der Waals surface area contributed by atoms with Crippen LogP contribution in [0.25, 0.3) is 11.0 Å². The molecule has 3 aromatic rings. The molecule has 0 aliphatic heterocycles. The molecule has 0 aliphatic rings. The number of furan rings is 1. The number of phenols is 4. The molecule has 0 saturated heterocycles. The van der Waals surface area contributed by atoms with E-state index in [0.29, 0.717) is 0 Å². The first kappa shape index (κ1) is 20.5. The van der Waals surface area contributed by atoms with Gasteiger partial charge in [0.15, 0.2) is 17.3 Å². The number of aliphatic hydroxyl groups excluding tert-OH is 2. The molecule has 144 valence electrons. The van der Waals surface area contributed by atoms with Crippen LogP contribution in [0.4, 0.5) is 0 Å². The summed E-state index contributed by atoms with van der Waals surface area (Å²) >= 11 is 6.20. The third-order valence-electron chi connectivity index (χ3n) is 4.10. The molecule has 1 aromatic heterocycles. The van der Waals surface area contributed by atoms with Crippen molar-refractivity contribution in [2.24, 2.45) is 0 Å². The Bertz CT molecular complexity index is 1100. The highest BCUT2D eigenvalue weighted by Gasteiger charge is 2.32. The summed E-state index contributed by atoms with van der Waals surface area (Å²) in [7, 11) is 5.70. The van der Waals surface area contributed by atoms with Gasteiger partial charge >= 0.3 is 0 Å². The van der Waals surface area contributed by atoms with Gasteiger partial charge in [0, 0.05) is 5.56 Å². The van der Waals surface area contributed by atoms with E-state index in [9.17, 15) is 35.4 Å². The molecule has 1 atom stereocenters. The van der Waals surface area contributed by atoms with Crippen LogP contribution < -0.4 is 5.46 Å². The molecule has 0 bridgehead atoms. The first-order valence-corrected chi connectivity index (χ1v) is 9.19. The quantitative estimate of drug-likeness (QED) is 0.176. The zero-order valence-corrected chi connectivity index (χ0v) is 16.9. The maximum atomic E-state index is 13.2. The average Bonchev–Trinajstić information content (AvgIpc) is 3.07. The Hall–Kier alpha value is -2.21. The van der Waals surface area contributed by atoms with Gasteiger partial charge in [0.2, 0.25) is 5.75 Å². The minimum Gasteiger partial charge on any atom is -0.506 e. The standard InChI is InChI=1S/C17H11BBr2O8/c18-10-14(26)15(27)13(25)9-8(16(7(22)3-21)28-17(9)10)11(23)4-1-5(19)12(24)6(20)2-4/h1-2,7,21-22,24-27H,3H2. The number of aromatic hydroxyl groups is 4. The fourth-order valence-electron chi connectivity index (χ4n) is 2.71. The molecule has 0 saturated carbocycles. The lowest BCUT2D eigenvalue weighted by Crippen LogP contribution is -2.10. The van der Waals surface area contributed by atoms with Crippen molar-refractivity contribution in [2.45, 2.75) is 6.10 Å². The number of rotatable bonds is 4. The molecule has 6 N–H and O–H groups in total. The van der Waals surface area contributed by atoms with E-state index in [2.05, 4.69) is 31.9 Å². The number of carbonyl (C=O) groups excluding carboxylic acids is 1. The SMILES string of the molecule is [B]c1c(O)c(O)c(O)c2c(C(=O)c3cc(Br)c(O)c(Br)c3)c(C(O)CO)oc12. The molecule has 0 amide bonds. The number of phenolic OH excluding ortho intramolecular Hbond substituents is 4. The number of fused-ring (bicyclic) bond motifs is 1. The van der Waals surface area contributed by atoms with Gasteiger partial charge in [-0.2, -0.15) is 0 Å². The van der Waals surface area contributed by atoms with E-state index in [0.717, 1.165) is 0 Å². The van der Waals surface area contributed by atoms with Crippen molar-refractivity contribution in [2.75, 3.05) is 6.61 Å². The summed E-state index contributed by atoms with van der Waals surface area (Å²) in [6, 6.07) is 2.58. The third-order valence-corrected chi connectivity index (χ3v) is 5.31. The Kier molecular flexibility index (Phi) is 5.37. The van der Waals surface area contributed by atoms with E-state index in [-0.39, 0.29) is 36.8 Å². The van der Waals surface area contributed by atoms with Crippen molar-refractivity contribution in [1.82, 2.24) is 0 Å². The lowest BCUT2D eigenvalue weighted by atomic mass is 9.89. The van der Waals surface area contributed by atoms with Gasteiger partial charge in [-0.15, -0.1) is 0 Å². The van der Waals surface area contributed by atoms with Gasteiger partial charge in [-0.3, -0.25) is 4.79 Å². The van der Waals surface area contributed by atoms with Crippen molar-refractivity contribution in [3.05, 3.63) is 38.0 Å². The second-order valence-corrected chi connectivity index (χ2v) is 7.53. The van der Waals surface area contributed by atoms with Gasteiger partial charge in [0.1, 0.15) is 31.0 Å². The molecule has 0 fully saturated rings. The molecule has 2 aromatic carbocycles. The molecule has 1 heterocycles. The van der Waals surface area contributed by atoms with Crippen LogP contribution in [0.15, 0.2) is 25.5 Å². The monoisotopic (exact) mass is 512 g/mol. The molecule has 8 nitrogen and oxygen atoms in total. The molecule has 0 spiro atoms. The molecular formula is C17H11BBr2O8. The second kappa shape index (κ2) is 7.32. The van der Waals surface area contributed by atoms with E-state index in [1.807, 2.05) is 0 Å². The van der Waals surface area contributed by atoms with E-state index in [1.165, 1.54) is 12.1 Å². The molecule has 1 unspecified atom stereocenters. The van der Waals surface area contributed by atoms with Crippen LogP contribution in [-0.4, -0.2) is 50.9 Å². The highest BCUT2D eigenvalue weighted by atomic mass is 79.9. The van der Waals surface area contributed by atoms with Gasteiger partial charge in [0.25, 0.3) is 0 Å². The summed E-state index contributed by atoms with van der Waals surface area (Å²) in [6.45, 7) is -0.818. The Morgan fingerprint density at radius 1 is 1.04 bits per heavy atom. The van der Waals surface area contributed by atoms with Gasteiger partial charge in [-0.05, 0) is 49.5 Å². The average molecular weight is 514 g/mol. The smallest absolute Gasteiger partial charge is 0.200 e. The lowest BCUT2D eigenvalue weighted by molar-refractivity contribution is 0.0768. The van der Waals surface area contributed by atoms with Crippen LogP contribution in [0.1, 0.15) is 27.8 Å². The predicted octanol–water partition coefficient (Wildman–Crippen LogP) is 1.83. The number of ketones is 1. The minimum absolute atomic E-state index is 0.0103. The van der Waals surface area contributed by atoms with Crippen molar-refractivity contribution < 1.29 is 39.9 Å². The lowest BCUT2D eigenvalue weighted by Gasteiger charge is -2.10. The van der Waals surface area contributed by atoms with E-state index in [1.54, 1.807) is 0 Å². The van der Waals surface area contributed by atoms with Gasteiger partial charge < -0.3 is 35.1 Å². The van der Waals surface area contributed by atoms with Gasteiger partial charge in [0.05, 0.1) is 26.5 Å². The summed E-state index contributed by atoms with van der Waals surface area (Å²) < 4.78 is 5.74. The molecule has 28 heavy (non-hydrogen) atoms. The summed E-state index contributed by atoms with van der Waals surface area (Å²) in [5, 5.41) is 58.8. The predicted molar refractivity (Wildman–Crippen MR) is 106 cm³/mol. The number of hydrogen-bond acceptors (Lipinski definition) is 8. The van der Waals surface area contributed by atoms with Gasteiger partial charge in [-0.25, -0.2) is 0 Å². The Morgan fingerprint density at radius 3 is 2.14 bits per heavy atom. The largest absolute Gasteiger partial charge is 0.506 e. The van der Waals surface area contributed by atoms with Crippen LogP contribution in [0, 0.1) is 0 Å². The van der Waals surface area contributed by atoms with Crippen LogP contribution >= 0.6 is 31.9 Å². The molecule has 11 heteroatoms. The Balaban J connectivity index is 2.40. The van der Waals surface area contributed by atoms with Crippen LogP contribution in [0.3, 0.4) is 0 Å². The second-order valence-electron chi connectivity index (χ2n) is 5.82. The fourth-order valence-corrected chi connectivity index (χ4v) is 3.90. The number of halogens is 2. The zero-order valence-electron chi connectivity index (χ0n) is 13.8. The number of hydrogen-bond donors (Lipinski definition) is 6. The molecule has 3 rings (SSSR count). The normalized spacial score (nSPS) is 12.4. The van der Waals surface area contributed by atoms with Crippen LogP contribution in [0.5, 0.6) is 23.0 Å². The van der Waals surface area contributed by atoms with E-state index < -0.39 is 47.0 Å². The van der Waals surface area contributed by atoms with E-state index >= 15 is 0 Å². The maximum absolute atomic E-state index is 13.2. The molecule has 2 radical (unpaired) electrons. The number of carbonyl (C=O) groups is 1. The Labute approximate surface area is 175 Å². The topological polar surface area (TPSA) is 152 Å². The van der Waals surface area contributed by atoms with Crippen molar-refractivity contribution in [3.63, 3.8) is 0 Å². The highest BCUT2D eigenvalue weighted by Crippen LogP contribution is 2.45. The first-order chi connectivity index (χ1) is 13.1. The first-order valence-electron chi connectivity index (χ1n) is 7.60. The molecule has 0 aliphatic carbocycles. The van der Waals surface area contributed by atoms with Crippen molar-refractivity contribution in [3.8, 4) is 23.0 Å². The number of aliphatic hydroxyl groups is 2. The highest BCUT2D eigenvalue weighted by molar-refractivity contribution is 9.11. The van der Waals surface area contributed by atoms with Gasteiger partial charge in [-0.1, -0.05) is 0 Å². The minimum atomic E-state index is -1.65. The summed E-state index contributed by atoms with van der Waals surface area (Å²) in [5.41, 5.74) is -1.18. The van der Waals surface area contributed by atoms with Crippen LogP contribution in [-0.2, 0) is 0 Å². The van der Waals surface area contributed by atoms with Crippen molar-refractivity contribution in [1.29, 1.82) is 0 Å². The third kappa shape index (κ3) is 3.04. The summed E-state index contributed by atoms with van der Waals surface area (Å²) in [5.74, 6) is -4.07. The summed E-state index contributed by atoms with van der Waals surface area (Å²) in [6.07, 6.45) is -1.65.